The summed E-state index contributed by atoms with van der Waals surface area (Å²) in [6.45, 7) is 0. The van der Waals surface area contributed by atoms with Crippen molar-refractivity contribution in [3.05, 3.63) is 39.9 Å². The number of hydrazine groups is 1. The molecule has 0 aliphatic rings. The number of nitro benzene ring substituents is 1. The molecule has 0 aliphatic heterocycles. The summed E-state index contributed by atoms with van der Waals surface area (Å²) < 4.78 is 4.26. The molecule has 0 aromatic heterocycles. The van der Waals surface area contributed by atoms with Crippen molar-refractivity contribution < 1.29 is 24.0 Å². The molecule has 0 atom stereocenters. The van der Waals surface area contributed by atoms with Crippen LogP contribution in [0.3, 0.4) is 0 Å². The highest BCUT2D eigenvalue weighted by Crippen LogP contribution is 2.16. The van der Waals surface area contributed by atoms with Crippen molar-refractivity contribution in [1.29, 1.82) is 0 Å². The zero-order chi connectivity index (χ0) is 15.1. The number of nitrogens with zero attached hydrogens (tertiary/aromatic N) is 1. The van der Waals surface area contributed by atoms with Gasteiger partial charge in [-0.1, -0.05) is 12.1 Å². The average molecular weight is 281 g/mol. The Hall–Kier alpha value is -2.97. The van der Waals surface area contributed by atoms with Gasteiger partial charge in [-0.15, -0.1) is 0 Å². The first-order chi connectivity index (χ1) is 9.45. The lowest BCUT2D eigenvalue weighted by atomic mass is 10.2. The molecule has 106 valence electrons. The predicted molar refractivity (Wildman–Crippen MR) is 65.3 cm³/mol. The van der Waals surface area contributed by atoms with Gasteiger partial charge in [0.05, 0.1) is 12.0 Å². The molecule has 20 heavy (non-hydrogen) atoms. The standard InChI is InChI=1S/C11H11N3O6/c1-20-10(16)6-9(15)12-13-11(17)7-4-2-3-5-8(7)14(18)19/h2-5H,6H2,1H3,(H,12,15)(H,13,17). The van der Waals surface area contributed by atoms with E-state index in [1.807, 2.05) is 10.9 Å². The molecule has 9 heteroatoms. The van der Waals surface area contributed by atoms with Crippen molar-refractivity contribution in [3.8, 4) is 0 Å². The largest absolute Gasteiger partial charge is 0.469 e. The molecule has 0 unspecified atom stereocenters. The normalized spacial score (nSPS) is 9.45. The van der Waals surface area contributed by atoms with Crippen molar-refractivity contribution in [2.24, 2.45) is 0 Å². The van der Waals surface area contributed by atoms with Crippen molar-refractivity contribution in [3.63, 3.8) is 0 Å². The van der Waals surface area contributed by atoms with Crippen LogP contribution in [0, 0.1) is 10.1 Å². The first-order valence-corrected chi connectivity index (χ1v) is 5.35. The fourth-order valence-corrected chi connectivity index (χ4v) is 1.27. The Morgan fingerprint density at radius 1 is 1.25 bits per heavy atom. The van der Waals surface area contributed by atoms with Crippen LogP contribution in [0.2, 0.25) is 0 Å². The lowest BCUT2D eigenvalue weighted by Crippen LogP contribution is -2.42. The van der Waals surface area contributed by atoms with E-state index in [9.17, 15) is 24.5 Å². The monoisotopic (exact) mass is 281 g/mol. The number of carbonyl (C=O) groups is 3. The van der Waals surface area contributed by atoms with Gasteiger partial charge in [-0.25, -0.2) is 0 Å². The van der Waals surface area contributed by atoms with E-state index in [4.69, 9.17) is 0 Å². The third kappa shape index (κ3) is 4.05. The van der Waals surface area contributed by atoms with Crippen LogP contribution in [-0.2, 0) is 14.3 Å². The maximum atomic E-state index is 11.7. The van der Waals surface area contributed by atoms with E-state index in [2.05, 4.69) is 4.74 Å². The van der Waals surface area contributed by atoms with Crippen molar-refractivity contribution in [1.82, 2.24) is 10.9 Å². The summed E-state index contributed by atoms with van der Waals surface area (Å²) >= 11 is 0. The van der Waals surface area contributed by atoms with Gasteiger partial charge in [-0.05, 0) is 6.07 Å². The SMILES string of the molecule is COC(=O)CC(=O)NNC(=O)c1ccccc1[N+](=O)[O-]. The fourth-order valence-electron chi connectivity index (χ4n) is 1.27. The number of nitro groups is 1. The van der Waals surface area contributed by atoms with Crippen LogP contribution in [0.5, 0.6) is 0 Å². The molecule has 0 saturated heterocycles. The van der Waals surface area contributed by atoms with E-state index in [1.165, 1.54) is 18.2 Å². The molecule has 1 aromatic carbocycles. The Morgan fingerprint density at radius 2 is 1.90 bits per heavy atom. The molecule has 0 heterocycles. The molecule has 2 N–H and O–H groups in total. The van der Waals surface area contributed by atoms with Crippen molar-refractivity contribution in [2.45, 2.75) is 6.42 Å². The van der Waals surface area contributed by atoms with Gasteiger partial charge in [0.25, 0.3) is 11.6 Å². The van der Waals surface area contributed by atoms with Crippen LogP contribution < -0.4 is 10.9 Å². The number of carbonyl (C=O) groups excluding carboxylic acids is 3. The van der Waals surface area contributed by atoms with Gasteiger partial charge in [-0.3, -0.25) is 35.3 Å². The summed E-state index contributed by atoms with van der Waals surface area (Å²) in [5.74, 6) is -2.44. The molecule has 0 radical (unpaired) electrons. The van der Waals surface area contributed by atoms with Crippen LogP contribution in [-0.4, -0.2) is 29.8 Å². The molecule has 0 bridgehead atoms. The molecule has 9 nitrogen and oxygen atoms in total. The van der Waals surface area contributed by atoms with Crippen LogP contribution in [0.25, 0.3) is 0 Å². The highest BCUT2D eigenvalue weighted by atomic mass is 16.6. The summed E-state index contributed by atoms with van der Waals surface area (Å²) in [4.78, 5) is 43.7. The summed E-state index contributed by atoms with van der Waals surface area (Å²) in [5.41, 5.74) is 3.31. The molecule has 0 fully saturated rings. The Kier molecular flexibility index (Phi) is 5.15. The van der Waals surface area contributed by atoms with Gasteiger partial charge >= 0.3 is 5.97 Å². The van der Waals surface area contributed by atoms with E-state index in [-0.39, 0.29) is 5.56 Å². The average Bonchev–Trinajstić information content (AvgIpc) is 2.44. The van der Waals surface area contributed by atoms with Gasteiger partial charge in [0, 0.05) is 6.07 Å². The van der Waals surface area contributed by atoms with Crippen molar-refractivity contribution in [2.75, 3.05) is 7.11 Å². The first-order valence-electron chi connectivity index (χ1n) is 5.35. The van der Waals surface area contributed by atoms with Crippen LogP contribution in [0.15, 0.2) is 24.3 Å². The highest BCUT2D eigenvalue weighted by molar-refractivity contribution is 6.00. The van der Waals surface area contributed by atoms with E-state index in [1.54, 1.807) is 0 Å². The Labute approximate surface area is 113 Å². The molecule has 0 spiro atoms. The zero-order valence-electron chi connectivity index (χ0n) is 10.4. The number of hydrogen-bond donors (Lipinski definition) is 2. The van der Waals surface area contributed by atoms with Crippen molar-refractivity contribution >= 4 is 23.5 Å². The lowest BCUT2D eigenvalue weighted by Gasteiger charge is -2.07. The number of para-hydroxylation sites is 1. The van der Waals surface area contributed by atoms with E-state index in [0.29, 0.717) is 0 Å². The number of nitrogens with one attached hydrogen (secondary N) is 2. The van der Waals surface area contributed by atoms with Gasteiger partial charge in [0.15, 0.2) is 0 Å². The molecule has 1 rings (SSSR count). The van der Waals surface area contributed by atoms with E-state index in [0.717, 1.165) is 13.2 Å². The van der Waals surface area contributed by atoms with Gasteiger partial charge in [0.2, 0.25) is 5.91 Å². The molecular formula is C11H11N3O6. The summed E-state index contributed by atoms with van der Waals surface area (Å²) in [5, 5.41) is 10.7. The van der Waals surface area contributed by atoms with Crippen LogP contribution in [0.4, 0.5) is 5.69 Å². The number of hydrogen-bond acceptors (Lipinski definition) is 6. The topological polar surface area (TPSA) is 128 Å². The molecule has 0 saturated carbocycles. The number of ether oxygens (including phenoxy) is 1. The Morgan fingerprint density at radius 3 is 2.50 bits per heavy atom. The third-order valence-electron chi connectivity index (χ3n) is 2.19. The van der Waals surface area contributed by atoms with E-state index >= 15 is 0 Å². The minimum atomic E-state index is -0.865. The maximum absolute atomic E-state index is 11.7. The maximum Gasteiger partial charge on any atom is 0.315 e. The summed E-state index contributed by atoms with van der Waals surface area (Å²) in [7, 11) is 1.11. The van der Waals surface area contributed by atoms with E-state index < -0.39 is 34.8 Å². The third-order valence-corrected chi connectivity index (χ3v) is 2.19. The smallest absolute Gasteiger partial charge is 0.315 e. The number of amides is 2. The van der Waals surface area contributed by atoms with Gasteiger partial charge < -0.3 is 4.74 Å². The van der Waals surface area contributed by atoms with Gasteiger partial charge in [-0.2, -0.15) is 0 Å². The molecule has 0 aliphatic carbocycles. The second-order valence-electron chi connectivity index (χ2n) is 3.53. The summed E-state index contributed by atoms with van der Waals surface area (Å²) in [6, 6.07) is 5.24. The molecule has 1 aromatic rings. The lowest BCUT2D eigenvalue weighted by molar-refractivity contribution is -0.385. The zero-order valence-corrected chi connectivity index (χ0v) is 10.4. The number of rotatable bonds is 4. The predicted octanol–water partition coefficient (Wildman–Crippen LogP) is -0.0811. The second-order valence-corrected chi connectivity index (χ2v) is 3.53. The second kappa shape index (κ2) is 6.83. The fraction of sp³-hybridized carbons (Fsp3) is 0.182. The Balaban J connectivity index is 2.66. The Bertz CT molecular complexity index is 557. The minimum absolute atomic E-state index is 0.212. The minimum Gasteiger partial charge on any atom is -0.469 e. The molecule has 2 amide bonds. The van der Waals surface area contributed by atoms with Crippen LogP contribution in [0.1, 0.15) is 16.8 Å². The quantitative estimate of drug-likeness (QED) is 0.344. The number of methoxy groups -OCH3 is 1. The first kappa shape index (κ1) is 15.1. The molecular weight excluding hydrogens is 270 g/mol. The number of esters is 1. The number of benzene rings is 1. The van der Waals surface area contributed by atoms with Crippen LogP contribution >= 0.6 is 0 Å². The summed E-state index contributed by atoms with van der Waals surface area (Å²) in [6.07, 6.45) is -0.576. The van der Waals surface area contributed by atoms with Gasteiger partial charge in [0.1, 0.15) is 12.0 Å². The highest BCUT2D eigenvalue weighted by Gasteiger charge is 2.19.